The van der Waals surface area contributed by atoms with Crippen LogP contribution in [0.5, 0.6) is 5.75 Å². The van der Waals surface area contributed by atoms with E-state index < -0.39 is 0 Å². The molecule has 0 saturated carbocycles. The summed E-state index contributed by atoms with van der Waals surface area (Å²) < 4.78 is 7.14. The van der Waals surface area contributed by atoms with Crippen LogP contribution in [0.3, 0.4) is 0 Å². The fourth-order valence-corrected chi connectivity index (χ4v) is 3.78. The number of hydrogen-bond acceptors (Lipinski definition) is 4. The minimum atomic E-state index is 0.0976. The summed E-state index contributed by atoms with van der Waals surface area (Å²) in [6, 6.07) is 8.48. The molecule has 1 aliphatic rings. The average molecular weight is 370 g/mol. The molecule has 0 radical (unpaired) electrons. The molecule has 0 aliphatic carbocycles. The minimum Gasteiger partial charge on any atom is -0.497 e. The van der Waals surface area contributed by atoms with Crippen LogP contribution in [0.2, 0.25) is 0 Å². The van der Waals surface area contributed by atoms with Gasteiger partial charge < -0.3 is 10.1 Å². The fourth-order valence-electron chi connectivity index (χ4n) is 3.78. The number of benzene rings is 1. The van der Waals surface area contributed by atoms with Gasteiger partial charge in [0.05, 0.1) is 19.2 Å². The number of nitrogens with one attached hydrogen (secondary N) is 1. The standard InChI is InChI=1S/C21H30N4O2/c1-15-20(16(2)24(3)23-15)13-21(26)22-18-8-10-25(11-9-18)14-17-6-5-7-19(12-17)27-4/h5-7,12,18H,8-11,13-14H2,1-4H3,(H,22,26). The Kier molecular flexibility index (Phi) is 6.16. The maximum atomic E-state index is 12.5. The van der Waals surface area contributed by atoms with Gasteiger partial charge in [-0.25, -0.2) is 0 Å². The third-order valence-corrected chi connectivity index (χ3v) is 5.49. The van der Waals surface area contributed by atoms with Crippen molar-refractivity contribution in [3.05, 3.63) is 46.8 Å². The van der Waals surface area contributed by atoms with Gasteiger partial charge >= 0.3 is 0 Å². The van der Waals surface area contributed by atoms with Crippen LogP contribution in [0.4, 0.5) is 0 Å². The fraction of sp³-hybridized carbons (Fsp3) is 0.524. The monoisotopic (exact) mass is 370 g/mol. The SMILES string of the molecule is COc1cccc(CN2CCC(NC(=O)Cc3c(C)nn(C)c3C)CC2)c1. The van der Waals surface area contributed by atoms with Gasteiger partial charge in [0.25, 0.3) is 0 Å². The summed E-state index contributed by atoms with van der Waals surface area (Å²) in [5, 5.41) is 7.60. The molecule has 0 unspecified atom stereocenters. The van der Waals surface area contributed by atoms with Crippen molar-refractivity contribution in [3.63, 3.8) is 0 Å². The van der Waals surface area contributed by atoms with Gasteiger partial charge in [0.15, 0.2) is 0 Å². The largest absolute Gasteiger partial charge is 0.497 e. The molecule has 0 atom stereocenters. The normalized spacial score (nSPS) is 15.7. The summed E-state index contributed by atoms with van der Waals surface area (Å²) in [4.78, 5) is 14.9. The highest BCUT2D eigenvalue weighted by atomic mass is 16.5. The third-order valence-electron chi connectivity index (χ3n) is 5.49. The van der Waals surface area contributed by atoms with E-state index in [4.69, 9.17) is 4.74 Å². The summed E-state index contributed by atoms with van der Waals surface area (Å²) in [6.07, 6.45) is 2.39. The summed E-state index contributed by atoms with van der Waals surface area (Å²) in [5.74, 6) is 0.996. The van der Waals surface area contributed by atoms with Crippen molar-refractivity contribution in [2.24, 2.45) is 7.05 Å². The van der Waals surface area contributed by atoms with Crippen molar-refractivity contribution in [1.29, 1.82) is 0 Å². The third kappa shape index (κ3) is 4.89. The van der Waals surface area contributed by atoms with Crippen LogP contribution < -0.4 is 10.1 Å². The molecule has 27 heavy (non-hydrogen) atoms. The predicted octanol–water partition coefficient (Wildman–Crippen LogP) is 2.37. The van der Waals surface area contributed by atoms with Gasteiger partial charge in [-0.15, -0.1) is 0 Å². The number of hydrogen-bond donors (Lipinski definition) is 1. The zero-order chi connectivity index (χ0) is 19.4. The lowest BCUT2D eigenvalue weighted by Gasteiger charge is -2.32. The highest BCUT2D eigenvalue weighted by molar-refractivity contribution is 5.79. The Balaban J connectivity index is 1.47. The number of nitrogens with zero attached hydrogens (tertiary/aromatic N) is 3. The molecule has 1 N–H and O–H groups in total. The number of likely N-dealkylation sites (tertiary alicyclic amines) is 1. The molecule has 3 rings (SSSR count). The van der Waals surface area contributed by atoms with Crippen molar-refractivity contribution in [1.82, 2.24) is 20.0 Å². The van der Waals surface area contributed by atoms with Gasteiger partial charge in [-0.3, -0.25) is 14.4 Å². The molecule has 1 aromatic carbocycles. The maximum Gasteiger partial charge on any atom is 0.224 e. The second-order valence-corrected chi connectivity index (χ2v) is 7.42. The second-order valence-electron chi connectivity index (χ2n) is 7.42. The van der Waals surface area contributed by atoms with Crippen molar-refractivity contribution in [3.8, 4) is 5.75 Å². The molecule has 0 bridgehead atoms. The van der Waals surface area contributed by atoms with Gasteiger partial charge in [-0.05, 0) is 44.4 Å². The number of amides is 1. The van der Waals surface area contributed by atoms with Crippen molar-refractivity contribution < 1.29 is 9.53 Å². The summed E-state index contributed by atoms with van der Waals surface area (Å²) >= 11 is 0. The minimum absolute atomic E-state index is 0.0976. The molecule has 2 heterocycles. The Hall–Kier alpha value is -2.34. The van der Waals surface area contributed by atoms with E-state index in [1.165, 1.54) is 5.56 Å². The highest BCUT2D eigenvalue weighted by Gasteiger charge is 2.22. The maximum absolute atomic E-state index is 12.5. The van der Waals surface area contributed by atoms with Crippen LogP contribution >= 0.6 is 0 Å². The topological polar surface area (TPSA) is 59.4 Å². The van der Waals surface area contributed by atoms with Crippen molar-refractivity contribution in [2.75, 3.05) is 20.2 Å². The average Bonchev–Trinajstić information content (AvgIpc) is 2.89. The molecule has 2 aromatic rings. The van der Waals surface area contributed by atoms with Crippen LogP contribution in [-0.4, -0.2) is 46.8 Å². The molecule has 1 fully saturated rings. The second kappa shape index (κ2) is 8.57. The molecule has 0 spiro atoms. The number of aryl methyl sites for hydroxylation is 2. The molecule has 1 amide bonds. The quantitative estimate of drug-likeness (QED) is 0.848. The zero-order valence-corrected chi connectivity index (χ0v) is 16.8. The van der Waals surface area contributed by atoms with Crippen LogP contribution in [0.25, 0.3) is 0 Å². The smallest absolute Gasteiger partial charge is 0.224 e. The molecule has 1 saturated heterocycles. The Morgan fingerprint density at radius 3 is 2.67 bits per heavy atom. The first-order valence-electron chi connectivity index (χ1n) is 9.60. The number of piperidine rings is 1. The van der Waals surface area contributed by atoms with Gasteiger partial charge in [0.2, 0.25) is 5.91 Å². The Bertz CT molecular complexity index is 791. The molecule has 146 valence electrons. The highest BCUT2D eigenvalue weighted by Crippen LogP contribution is 2.18. The number of ether oxygens (including phenoxy) is 1. The Morgan fingerprint density at radius 2 is 2.04 bits per heavy atom. The number of aromatic nitrogens is 2. The van der Waals surface area contributed by atoms with Crippen LogP contribution in [0, 0.1) is 13.8 Å². The van der Waals surface area contributed by atoms with E-state index in [1.54, 1.807) is 7.11 Å². The van der Waals surface area contributed by atoms with E-state index in [1.807, 2.05) is 37.7 Å². The lowest BCUT2D eigenvalue weighted by atomic mass is 10.0. The van der Waals surface area contributed by atoms with Gasteiger partial charge in [0, 0.05) is 44.0 Å². The summed E-state index contributed by atoms with van der Waals surface area (Å²) in [7, 11) is 3.61. The molecule has 1 aliphatic heterocycles. The molecule has 6 nitrogen and oxygen atoms in total. The predicted molar refractivity (Wildman–Crippen MR) is 106 cm³/mol. The number of carbonyl (C=O) groups is 1. The zero-order valence-electron chi connectivity index (χ0n) is 16.8. The molecular formula is C21H30N4O2. The molecule has 6 heteroatoms. The first-order valence-corrected chi connectivity index (χ1v) is 9.60. The van der Waals surface area contributed by atoms with Gasteiger partial charge in [0.1, 0.15) is 5.75 Å². The van der Waals surface area contributed by atoms with Crippen LogP contribution in [0.15, 0.2) is 24.3 Å². The molecular weight excluding hydrogens is 340 g/mol. The number of carbonyl (C=O) groups excluding carboxylic acids is 1. The van der Waals surface area contributed by atoms with E-state index in [2.05, 4.69) is 27.4 Å². The van der Waals surface area contributed by atoms with E-state index in [9.17, 15) is 4.79 Å². The van der Waals surface area contributed by atoms with Crippen molar-refractivity contribution >= 4 is 5.91 Å². The Morgan fingerprint density at radius 1 is 1.30 bits per heavy atom. The summed E-state index contributed by atoms with van der Waals surface area (Å²) in [5.41, 5.74) is 4.32. The lowest BCUT2D eigenvalue weighted by Crippen LogP contribution is -2.44. The van der Waals surface area contributed by atoms with E-state index in [0.29, 0.717) is 6.42 Å². The Labute approximate surface area is 161 Å². The number of rotatable bonds is 6. The summed E-state index contributed by atoms with van der Waals surface area (Å²) in [6.45, 7) is 6.89. The van der Waals surface area contributed by atoms with Gasteiger partial charge in [-0.2, -0.15) is 5.10 Å². The number of methoxy groups -OCH3 is 1. The lowest BCUT2D eigenvalue weighted by molar-refractivity contribution is -0.121. The van der Waals surface area contributed by atoms with Crippen LogP contribution in [0.1, 0.15) is 35.4 Å². The first-order chi connectivity index (χ1) is 13.0. The van der Waals surface area contributed by atoms with Crippen molar-refractivity contribution in [2.45, 2.75) is 45.7 Å². The van der Waals surface area contributed by atoms with E-state index in [-0.39, 0.29) is 11.9 Å². The first kappa shape index (κ1) is 19.4. The van der Waals surface area contributed by atoms with E-state index >= 15 is 0 Å². The van der Waals surface area contributed by atoms with Crippen LogP contribution in [-0.2, 0) is 24.8 Å². The van der Waals surface area contributed by atoms with Gasteiger partial charge in [-0.1, -0.05) is 12.1 Å². The molecule has 1 aromatic heterocycles. The van der Waals surface area contributed by atoms with E-state index in [0.717, 1.165) is 55.2 Å².